The number of benzene rings is 1. The molecule has 2 atom stereocenters. The van der Waals surface area contributed by atoms with Gasteiger partial charge in [0.05, 0.1) is 5.60 Å². The van der Waals surface area contributed by atoms with E-state index in [0.29, 0.717) is 18.8 Å². The van der Waals surface area contributed by atoms with Crippen molar-refractivity contribution in [2.75, 3.05) is 0 Å². The molecule has 1 fully saturated rings. The number of halogens is 2. The number of aliphatic hydroxyl groups is 1. The van der Waals surface area contributed by atoms with Crippen LogP contribution in [0, 0.1) is 17.6 Å². The first-order valence-corrected chi connectivity index (χ1v) is 6.73. The van der Waals surface area contributed by atoms with Gasteiger partial charge in [-0.3, -0.25) is 0 Å². The van der Waals surface area contributed by atoms with Gasteiger partial charge >= 0.3 is 0 Å². The topological polar surface area (TPSA) is 20.2 Å². The second-order valence-electron chi connectivity index (χ2n) is 5.36. The van der Waals surface area contributed by atoms with Gasteiger partial charge in [0.25, 0.3) is 0 Å². The lowest BCUT2D eigenvalue weighted by atomic mass is 9.85. The average molecular weight is 254 g/mol. The minimum Gasteiger partial charge on any atom is -0.385 e. The molecule has 18 heavy (non-hydrogen) atoms. The van der Waals surface area contributed by atoms with Gasteiger partial charge in [-0.15, -0.1) is 0 Å². The van der Waals surface area contributed by atoms with Crippen LogP contribution in [-0.4, -0.2) is 5.11 Å². The summed E-state index contributed by atoms with van der Waals surface area (Å²) in [6, 6.07) is 3.46. The molecule has 0 amide bonds. The third-order valence-electron chi connectivity index (χ3n) is 4.18. The SMILES string of the molecule is CCC1CCCC(O)(c2ccc(F)cc2F)CC1. The molecule has 0 heterocycles. The van der Waals surface area contributed by atoms with Crippen molar-refractivity contribution in [1.29, 1.82) is 0 Å². The van der Waals surface area contributed by atoms with Gasteiger partial charge in [-0.1, -0.05) is 25.8 Å². The van der Waals surface area contributed by atoms with Crippen LogP contribution in [0.1, 0.15) is 51.0 Å². The van der Waals surface area contributed by atoms with Crippen molar-refractivity contribution in [3.8, 4) is 0 Å². The van der Waals surface area contributed by atoms with E-state index in [1.165, 1.54) is 12.1 Å². The van der Waals surface area contributed by atoms with Gasteiger partial charge in [-0.2, -0.15) is 0 Å². The molecular formula is C15H20F2O. The van der Waals surface area contributed by atoms with Crippen LogP contribution in [0.25, 0.3) is 0 Å². The summed E-state index contributed by atoms with van der Waals surface area (Å²) in [6.45, 7) is 2.15. The summed E-state index contributed by atoms with van der Waals surface area (Å²) >= 11 is 0. The minimum absolute atomic E-state index is 0.251. The highest BCUT2D eigenvalue weighted by Gasteiger charge is 2.34. The molecule has 1 N–H and O–H groups in total. The van der Waals surface area contributed by atoms with Crippen LogP contribution >= 0.6 is 0 Å². The molecule has 0 aromatic heterocycles. The maximum Gasteiger partial charge on any atom is 0.132 e. The average Bonchev–Trinajstić information content (AvgIpc) is 2.51. The molecule has 1 aliphatic carbocycles. The quantitative estimate of drug-likeness (QED) is 0.786. The Hall–Kier alpha value is -0.960. The van der Waals surface area contributed by atoms with Crippen LogP contribution in [0.5, 0.6) is 0 Å². The lowest BCUT2D eigenvalue weighted by Crippen LogP contribution is -2.26. The first-order valence-electron chi connectivity index (χ1n) is 6.73. The number of rotatable bonds is 2. The van der Waals surface area contributed by atoms with Gasteiger partial charge in [0.1, 0.15) is 11.6 Å². The zero-order valence-corrected chi connectivity index (χ0v) is 10.8. The van der Waals surface area contributed by atoms with Gasteiger partial charge < -0.3 is 5.11 Å². The van der Waals surface area contributed by atoms with Crippen LogP contribution in [0.2, 0.25) is 0 Å². The fourth-order valence-corrected chi connectivity index (χ4v) is 2.94. The van der Waals surface area contributed by atoms with Crippen molar-refractivity contribution >= 4 is 0 Å². The summed E-state index contributed by atoms with van der Waals surface area (Å²) in [5.74, 6) is -0.616. The van der Waals surface area contributed by atoms with Crippen LogP contribution in [0.15, 0.2) is 18.2 Å². The molecule has 1 nitrogen and oxygen atoms in total. The number of hydrogen-bond donors (Lipinski definition) is 1. The van der Waals surface area contributed by atoms with Crippen molar-refractivity contribution < 1.29 is 13.9 Å². The molecule has 3 heteroatoms. The maximum absolute atomic E-state index is 13.8. The Balaban J connectivity index is 2.24. The molecule has 1 aromatic carbocycles. The standard InChI is InChI=1S/C15H20F2O/c1-2-11-4-3-8-15(18,9-7-11)13-6-5-12(16)10-14(13)17/h5-6,10-11,18H,2-4,7-9H2,1H3. The fourth-order valence-electron chi connectivity index (χ4n) is 2.94. The summed E-state index contributed by atoms with van der Waals surface area (Å²) in [4.78, 5) is 0. The van der Waals surface area contributed by atoms with E-state index in [1.807, 2.05) is 0 Å². The van der Waals surface area contributed by atoms with Gasteiger partial charge in [0.2, 0.25) is 0 Å². The van der Waals surface area contributed by atoms with E-state index in [-0.39, 0.29) is 5.56 Å². The lowest BCUT2D eigenvalue weighted by molar-refractivity contribution is 0.0161. The molecule has 0 spiro atoms. The first-order chi connectivity index (χ1) is 8.55. The van der Waals surface area contributed by atoms with Crippen LogP contribution < -0.4 is 0 Å². The molecular weight excluding hydrogens is 234 g/mol. The second kappa shape index (κ2) is 5.35. The highest BCUT2D eigenvalue weighted by atomic mass is 19.1. The van der Waals surface area contributed by atoms with Crippen molar-refractivity contribution in [2.24, 2.45) is 5.92 Å². The molecule has 100 valence electrons. The number of hydrogen-bond acceptors (Lipinski definition) is 1. The maximum atomic E-state index is 13.8. The lowest BCUT2D eigenvalue weighted by Gasteiger charge is -2.27. The van der Waals surface area contributed by atoms with Gasteiger partial charge in [0, 0.05) is 11.6 Å². The van der Waals surface area contributed by atoms with Crippen LogP contribution in [0.3, 0.4) is 0 Å². The van der Waals surface area contributed by atoms with Crippen molar-refractivity contribution in [3.05, 3.63) is 35.4 Å². The molecule has 0 radical (unpaired) electrons. The van der Waals surface area contributed by atoms with E-state index in [9.17, 15) is 13.9 Å². The first kappa shape index (κ1) is 13.5. The summed E-state index contributed by atoms with van der Waals surface area (Å²) in [5, 5.41) is 10.6. The largest absolute Gasteiger partial charge is 0.385 e. The monoisotopic (exact) mass is 254 g/mol. The van der Waals surface area contributed by atoms with E-state index in [4.69, 9.17) is 0 Å². The Morgan fingerprint density at radius 1 is 1.28 bits per heavy atom. The molecule has 2 rings (SSSR count). The molecule has 0 bridgehead atoms. The van der Waals surface area contributed by atoms with E-state index in [1.54, 1.807) is 0 Å². The molecule has 1 aromatic rings. The van der Waals surface area contributed by atoms with Crippen molar-refractivity contribution in [3.63, 3.8) is 0 Å². The Labute approximate surface area is 107 Å². The minimum atomic E-state index is -1.12. The van der Waals surface area contributed by atoms with E-state index >= 15 is 0 Å². The van der Waals surface area contributed by atoms with Crippen molar-refractivity contribution in [2.45, 2.75) is 51.0 Å². The smallest absolute Gasteiger partial charge is 0.132 e. The van der Waals surface area contributed by atoms with Gasteiger partial charge in [-0.05, 0) is 37.7 Å². The molecule has 2 unspecified atom stereocenters. The van der Waals surface area contributed by atoms with Gasteiger partial charge in [0.15, 0.2) is 0 Å². The molecule has 0 saturated heterocycles. The highest BCUT2D eigenvalue weighted by Crippen LogP contribution is 2.39. The normalized spacial score (nSPS) is 29.0. The van der Waals surface area contributed by atoms with E-state index in [0.717, 1.165) is 31.7 Å². The Bertz CT molecular complexity index is 419. The zero-order chi connectivity index (χ0) is 13.2. The Morgan fingerprint density at radius 3 is 2.72 bits per heavy atom. The Morgan fingerprint density at radius 2 is 2.06 bits per heavy atom. The highest BCUT2D eigenvalue weighted by molar-refractivity contribution is 5.25. The third-order valence-corrected chi connectivity index (χ3v) is 4.18. The predicted octanol–water partition coefficient (Wildman–Crippen LogP) is 4.14. The summed E-state index contributed by atoms with van der Waals surface area (Å²) < 4.78 is 26.7. The molecule has 1 saturated carbocycles. The second-order valence-corrected chi connectivity index (χ2v) is 5.36. The fraction of sp³-hybridized carbons (Fsp3) is 0.600. The van der Waals surface area contributed by atoms with E-state index < -0.39 is 17.2 Å². The van der Waals surface area contributed by atoms with Gasteiger partial charge in [-0.25, -0.2) is 8.78 Å². The van der Waals surface area contributed by atoms with Crippen LogP contribution in [-0.2, 0) is 5.60 Å². The van der Waals surface area contributed by atoms with Crippen molar-refractivity contribution in [1.82, 2.24) is 0 Å². The predicted molar refractivity (Wildman–Crippen MR) is 67.1 cm³/mol. The summed E-state index contributed by atoms with van der Waals surface area (Å²) in [7, 11) is 0. The van der Waals surface area contributed by atoms with Crippen LogP contribution in [0.4, 0.5) is 8.78 Å². The summed E-state index contributed by atoms with van der Waals surface area (Å²) in [6.07, 6.45) is 5.11. The zero-order valence-electron chi connectivity index (χ0n) is 10.8. The molecule has 1 aliphatic rings. The van der Waals surface area contributed by atoms with E-state index in [2.05, 4.69) is 6.92 Å². The Kier molecular flexibility index (Phi) is 4.00. The summed E-state index contributed by atoms with van der Waals surface area (Å²) in [5.41, 5.74) is -0.873. The molecule has 0 aliphatic heterocycles. The third kappa shape index (κ3) is 2.72.